The molecule has 2 rings (SSSR count). The minimum atomic E-state index is 0.108. The molecule has 4 heteroatoms. The highest BCUT2D eigenvalue weighted by Gasteiger charge is 2.07. The van der Waals surface area contributed by atoms with Gasteiger partial charge in [0.2, 0.25) is 0 Å². The molecule has 2 nitrogen and oxygen atoms in total. The molecule has 0 aliphatic heterocycles. The average molecular weight is 269 g/mol. The lowest BCUT2D eigenvalue weighted by Gasteiger charge is -2.07. The molecule has 0 saturated heterocycles. The van der Waals surface area contributed by atoms with Gasteiger partial charge in [0.05, 0.1) is 0 Å². The van der Waals surface area contributed by atoms with E-state index >= 15 is 0 Å². The molecule has 90 valence electrons. The van der Waals surface area contributed by atoms with Gasteiger partial charge in [-0.05, 0) is 30.5 Å². The smallest absolute Gasteiger partial charge is 0.107 e. The Kier molecular flexibility index (Phi) is 4.46. The Balaban J connectivity index is 1.79. The molecule has 1 aromatic carbocycles. The van der Waals surface area contributed by atoms with E-state index < -0.39 is 0 Å². The zero-order valence-corrected chi connectivity index (χ0v) is 10.9. The van der Waals surface area contributed by atoms with Crippen molar-refractivity contribution < 1.29 is 0 Å². The first kappa shape index (κ1) is 12.5. The van der Waals surface area contributed by atoms with Crippen LogP contribution >= 0.6 is 23.2 Å². The number of benzene rings is 1. The summed E-state index contributed by atoms with van der Waals surface area (Å²) in [6.07, 6.45) is 6.24. The van der Waals surface area contributed by atoms with Gasteiger partial charge in [-0.1, -0.05) is 23.7 Å². The highest BCUT2D eigenvalue weighted by Crippen LogP contribution is 2.15. The minimum absolute atomic E-state index is 0.108. The van der Waals surface area contributed by atoms with E-state index in [1.807, 2.05) is 30.5 Å². The molecule has 0 saturated carbocycles. The molecule has 1 aromatic heterocycles. The summed E-state index contributed by atoms with van der Waals surface area (Å²) in [4.78, 5) is 7.23. The number of nitrogens with zero attached hydrogens (tertiary/aromatic N) is 1. The van der Waals surface area contributed by atoms with Crippen molar-refractivity contribution in [1.82, 2.24) is 9.97 Å². The van der Waals surface area contributed by atoms with Crippen molar-refractivity contribution in [3.05, 3.63) is 53.1 Å². The Bertz CT molecular complexity index is 437. The predicted molar refractivity (Wildman–Crippen MR) is 71.7 cm³/mol. The van der Waals surface area contributed by atoms with Crippen LogP contribution in [-0.4, -0.2) is 15.3 Å². The lowest BCUT2D eigenvalue weighted by Crippen LogP contribution is -2.06. The number of halogens is 2. The second kappa shape index (κ2) is 6.08. The Morgan fingerprint density at radius 2 is 2.00 bits per heavy atom. The molecule has 17 heavy (non-hydrogen) atoms. The van der Waals surface area contributed by atoms with Crippen LogP contribution in [0.4, 0.5) is 0 Å². The standard InChI is InChI=1S/C13H14Cl2N2/c14-11-4-1-10(2-5-11)3-6-12(15)9-13-16-7-8-17-13/h1-2,4-5,7-8,12H,3,6,9H2,(H,16,17). The van der Waals surface area contributed by atoms with E-state index in [9.17, 15) is 0 Å². The number of hydrogen-bond acceptors (Lipinski definition) is 1. The molecule has 0 aliphatic rings. The third kappa shape index (κ3) is 4.06. The summed E-state index contributed by atoms with van der Waals surface area (Å²) in [5, 5.41) is 0.878. The summed E-state index contributed by atoms with van der Waals surface area (Å²) in [5.41, 5.74) is 1.26. The normalized spacial score (nSPS) is 12.6. The lowest BCUT2D eigenvalue weighted by atomic mass is 10.1. The first-order valence-corrected chi connectivity index (χ1v) is 6.42. The van der Waals surface area contributed by atoms with E-state index in [1.54, 1.807) is 6.20 Å². The number of nitrogens with one attached hydrogen (secondary N) is 1. The van der Waals surface area contributed by atoms with Crippen molar-refractivity contribution in [3.8, 4) is 0 Å². The van der Waals surface area contributed by atoms with Gasteiger partial charge in [-0.3, -0.25) is 0 Å². The number of aryl methyl sites for hydroxylation is 1. The fourth-order valence-corrected chi connectivity index (χ4v) is 2.08. The zero-order valence-electron chi connectivity index (χ0n) is 9.37. The largest absolute Gasteiger partial charge is 0.349 e. The number of H-pyrrole nitrogens is 1. The fraction of sp³-hybridized carbons (Fsp3) is 0.308. The van der Waals surface area contributed by atoms with Crippen LogP contribution in [0.5, 0.6) is 0 Å². The number of alkyl halides is 1. The Hall–Kier alpha value is -0.990. The maximum absolute atomic E-state index is 6.27. The summed E-state index contributed by atoms with van der Waals surface area (Å²) in [6, 6.07) is 7.90. The van der Waals surface area contributed by atoms with Crippen molar-refractivity contribution in [3.63, 3.8) is 0 Å². The van der Waals surface area contributed by atoms with E-state index in [-0.39, 0.29) is 5.38 Å². The Morgan fingerprint density at radius 3 is 2.65 bits per heavy atom. The fourth-order valence-electron chi connectivity index (χ4n) is 1.70. The van der Waals surface area contributed by atoms with Crippen LogP contribution in [0.15, 0.2) is 36.7 Å². The molecule has 0 bridgehead atoms. The van der Waals surface area contributed by atoms with E-state index in [1.165, 1.54) is 5.56 Å². The van der Waals surface area contributed by atoms with Crippen LogP contribution in [0.3, 0.4) is 0 Å². The van der Waals surface area contributed by atoms with Gasteiger partial charge in [-0.15, -0.1) is 11.6 Å². The monoisotopic (exact) mass is 268 g/mol. The van der Waals surface area contributed by atoms with E-state index in [0.717, 1.165) is 30.1 Å². The molecule has 2 aromatic rings. The van der Waals surface area contributed by atoms with Crippen LogP contribution in [0.2, 0.25) is 5.02 Å². The number of aromatic amines is 1. The quantitative estimate of drug-likeness (QED) is 0.821. The first-order valence-electron chi connectivity index (χ1n) is 5.61. The van der Waals surface area contributed by atoms with Crippen molar-refractivity contribution in [2.75, 3.05) is 0 Å². The third-order valence-electron chi connectivity index (χ3n) is 2.63. The van der Waals surface area contributed by atoms with Crippen LogP contribution < -0.4 is 0 Å². The molecule has 1 unspecified atom stereocenters. The summed E-state index contributed by atoms with van der Waals surface area (Å²) in [5.74, 6) is 0.945. The predicted octanol–water partition coefficient (Wildman–Crippen LogP) is 3.85. The SMILES string of the molecule is Clc1ccc(CCC(Cl)Cc2ncc[nH]2)cc1. The molecule has 0 radical (unpaired) electrons. The molecule has 1 heterocycles. The third-order valence-corrected chi connectivity index (χ3v) is 3.25. The van der Waals surface area contributed by atoms with Gasteiger partial charge in [0.15, 0.2) is 0 Å². The van der Waals surface area contributed by atoms with E-state index in [0.29, 0.717) is 0 Å². The van der Waals surface area contributed by atoms with Gasteiger partial charge >= 0.3 is 0 Å². The second-order valence-electron chi connectivity index (χ2n) is 4.00. The molecule has 0 spiro atoms. The van der Waals surface area contributed by atoms with Gasteiger partial charge in [-0.2, -0.15) is 0 Å². The van der Waals surface area contributed by atoms with Crippen LogP contribution in [-0.2, 0) is 12.8 Å². The molecule has 0 amide bonds. The van der Waals surface area contributed by atoms with Gasteiger partial charge in [-0.25, -0.2) is 4.98 Å². The van der Waals surface area contributed by atoms with Crippen molar-refractivity contribution in [2.24, 2.45) is 0 Å². The zero-order chi connectivity index (χ0) is 12.1. The van der Waals surface area contributed by atoms with Crippen molar-refractivity contribution >= 4 is 23.2 Å². The number of imidazole rings is 1. The topological polar surface area (TPSA) is 28.7 Å². The summed E-state index contributed by atoms with van der Waals surface area (Å²) in [6.45, 7) is 0. The number of rotatable bonds is 5. The molecule has 0 aliphatic carbocycles. The minimum Gasteiger partial charge on any atom is -0.349 e. The summed E-state index contributed by atoms with van der Waals surface area (Å²) in [7, 11) is 0. The highest BCUT2D eigenvalue weighted by molar-refractivity contribution is 6.30. The lowest BCUT2D eigenvalue weighted by molar-refractivity contribution is 0.722. The highest BCUT2D eigenvalue weighted by atomic mass is 35.5. The van der Waals surface area contributed by atoms with Gasteiger partial charge < -0.3 is 4.98 Å². The van der Waals surface area contributed by atoms with Crippen LogP contribution in [0.25, 0.3) is 0 Å². The van der Waals surface area contributed by atoms with Crippen LogP contribution in [0.1, 0.15) is 17.8 Å². The molecular weight excluding hydrogens is 255 g/mol. The number of hydrogen-bond donors (Lipinski definition) is 1. The Morgan fingerprint density at radius 1 is 1.24 bits per heavy atom. The van der Waals surface area contributed by atoms with E-state index in [2.05, 4.69) is 9.97 Å². The molecule has 0 fully saturated rings. The molecular formula is C13H14Cl2N2. The summed E-state index contributed by atoms with van der Waals surface area (Å²) >= 11 is 12.1. The molecule has 1 N–H and O–H groups in total. The first-order chi connectivity index (χ1) is 8.24. The average Bonchev–Trinajstić information content (AvgIpc) is 2.81. The van der Waals surface area contributed by atoms with Crippen LogP contribution in [0, 0.1) is 0 Å². The van der Waals surface area contributed by atoms with E-state index in [4.69, 9.17) is 23.2 Å². The van der Waals surface area contributed by atoms with Gasteiger partial charge in [0.25, 0.3) is 0 Å². The summed E-state index contributed by atoms with van der Waals surface area (Å²) < 4.78 is 0. The Labute approximate surface area is 111 Å². The number of aromatic nitrogens is 2. The maximum Gasteiger partial charge on any atom is 0.107 e. The second-order valence-corrected chi connectivity index (χ2v) is 5.06. The van der Waals surface area contributed by atoms with Crippen molar-refractivity contribution in [1.29, 1.82) is 0 Å². The maximum atomic E-state index is 6.27. The van der Waals surface area contributed by atoms with Crippen molar-refractivity contribution in [2.45, 2.75) is 24.6 Å². The molecule has 1 atom stereocenters. The van der Waals surface area contributed by atoms with Gasteiger partial charge in [0, 0.05) is 29.2 Å². The van der Waals surface area contributed by atoms with Gasteiger partial charge in [0.1, 0.15) is 5.82 Å².